The standard InChI is InChI=1S/C15H25NO5/c1-14(2,3)21-13(19)16-11-4-6-15(8-11,12(17)18)10-5-7-20-9-10/h10-11H,4-9H2,1-3H3,(H,16,19)(H,17,18)/t10?,11-,15+/m1/s1. The van der Waals surface area contributed by atoms with E-state index in [4.69, 9.17) is 9.47 Å². The first-order chi connectivity index (χ1) is 9.73. The SMILES string of the molecule is CC(C)(C)OC(=O)N[C@@H]1CC[C@@](C(=O)O)(C2CCOC2)C1. The fraction of sp³-hybridized carbons (Fsp3) is 0.867. The normalized spacial score (nSPS) is 32.9. The Morgan fingerprint density at radius 3 is 2.57 bits per heavy atom. The van der Waals surface area contributed by atoms with Crippen molar-refractivity contribution in [1.82, 2.24) is 5.32 Å². The van der Waals surface area contributed by atoms with E-state index in [1.807, 2.05) is 0 Å². The van der Waals surface area contributed by atoms with Crippen molar-refractivity contribution in [3.63, 3.8) is 0 Å². The third-order valence-electron chi connectivity index (χ3n) is 4.41. The van der Waals surface area contributed by atoms with Crippen molar-refractivity contribution >= 4 is 12.1 Å². The van der Waals surface area contributed by atoms with Gasteiger partial charge in [-0.05, 0) is 46.5 Å². The highest BCUT2D eigenvalue weighted by molar-refractivity contribution is 5.76. The summed E-state index contributed by atoms with van der Waals surface area (Å²) < 4.78 is 10.6. The van der Waals surface area contributed by atoms with Crippen molar-refractivity contribution in [3.8, 4) is 0 Å². The van der Waals surface area contributed by atoms with Crippen LogP contribution in [0.25, 0.3) is 0 Å². The Morgan fingerprint density at radius 1 is 1.33 bits per heavy atom. The maximum absolute atomic E-state index is 11.8. The molecule has 6 heteroatoms. The van der Waals surface area contributed by atoms with Gasteiger partial charge in [-0.25, -0.2) is 4.79 Å². The first kappa shape index (κ1) is 16.1. The van der Waals surface area contributed by atoms with E-state index >= 15 is 0 Å². The minimum Gasteiger partial charge on any atom is -0.481 e. The number of carbonyl (C=O) groups is 2. The molecule has 1 unspecified atom stereocenters. The average molecular weight is 299 g/mol. The number of hydrogen-bond donors (Lipinski definition) is 2. The average Bonchev–Trinajstić information content (AvgIpc) is 2.94. The molecule has 0 aromatic rings. The summed E-state index contributed by atoms with van der Waals surface area (Å²) in [5.41, 5.74) is -1.32. The van der Waals surface area contributed by atoms with Crippen molar-refractivity contribution < 1.29 is 24.2 Å². The van der Waals surface area contributed by atoms with Gasteiger partial charge in [0.25, 0.3) is 0 Å². The van der Waals surface area contributed by atoms with Crippen LogP contribution in [-0.4, -0.2) is 42.0 Å². The fourth-order valence-corrected chi connectivity index (χ4v) is 3.38. The van der Waals surface area contributed by atoms with Crippen molar-refractivity contribution in [2.24, 2.45) is 11.3 Å². The molecular formula is C15H25NO5. The number of nitrogens with one attached hydrogen (secondary N) is 1. The first-order valence-electron chi connectivity index (χ1n) is 7.53. The highest BCUT2D eigenvalue weighted by atomic mass is 16.6. The first-order valence-corrected chi connectivity index (χ1v) is 7.53. The highest BCUT2D eigenvalue weighted by Gasteiger charge is 2.52. The number of amides is 1. The van der Waals surface area contributed by atoms with Crippen LogP contribution in [0.5, 0.6) is 0 Å². The van der Waals surface area contributed by atoms with Gasteiger partial charge in [0.15, 0.2) is 0 Å². The summed E-state index contributed by atoms with van der Waals surface area (Å²) in [7, 11) is 0. The molecule has 120 valence electrons. The lowest BCUT2D eigenvalue weighted by Gasteiger charge is -2.30. The molecule has 1 aliphatic heterocycles. The van der Waals surface area contributed by atoms with E-state index in [0.29, 0.717) is 32.5 Å². The molecule has 0 aromatic heterocycles. The molecule has 3 atom stereocenters. The van der Waals surface area contributed by atoms with Crippen molar-refractivity contribution in [2.75, 3.05) is 13.2 Å². The van der Waals surface area contributed by atoms with Gasteiger partial charge in [-0.1, -0.05) is 0 Å². The monoisotopic (exact) mass is 299 g/mol. The summed E-state index contributed by atoms with van der Waals surface area (Å²) in [6.07, 6.45) is 2.01. The van der Waals surface area contributed by atoms with Crippen LogP contribution in [0, 0.1) is 11.3 Å². The maximum atomic E-state index is 11.8. The van der Waals surface area contributed by atoms with Gasteiger partial charge in [-0.2, -0.15) is 0 Å². The van der Waals surface area contributed by atoms with Crippen molar-refractivity contribution in [1.29, 1.82) is 0 Å². The van der Waals surface area contributed by atoms with E-state index in [1.165, 1.54) is 0 Å². The molecule has 1 saturated heterocycles. The number of ether oxygens (including phenoxy) is 2. The number of aliphatic carboxylic acids is 1. The molecule has 1 heterocycles. The number of carboxylic acid groups (broad SMARTS) is 1. The van der Waals surface area contributed by atoms with Gasteiger partial charge in [0.1, 0.15) is 5.60 Å². The highest BCUT2D eigenvalue weighted by Crippen LogP contribution is 2.47. The molecule has 1 saturated carbocycles. The van der Waals surface area contributed by atoms with E-state index in [1.54, 1.807) is 20.8 Å². The predicted octanol–water partition coefficient (Wildman–Crippen LogP) is 2.17. The molecule has 0 bridgehead atoms. The Bertz CT molecular complexity index is 411. The summed E-state index contributed by atoms with van der Waals surface area (Å²) in [6, 6.07) is -0.142. The quantitative estimate of drug-likeness (QED) is 0.834. The molecule has 2 rings (SSSR count). The van der Waals surface area contributed by atoms with Gasteiger partial charge in [0.2, 0.25) is 0 Å². The lowest BCUT2D eigenvalue weighted by molar-refractivity contribution is -0.152. The number of hydrogen-bond acceptors (Lipinski definition) is 4. The van der Waals surface area contributed by atoms with Crippen LogP contribution in [0.1, 0.15) is 46.5 Å². The second-order valence-corrected chi connectivity index (χ2v) is 7.11. The summed E-state index contributed by atoms with van der Waals surface area (Å²) >= 11 is 0. The van der Waals surface area contributed by atoms with Gasteiger partial charge in [0.05, 0.1) is 12.0 Å². The van der Waals surface area contributed by atoms with Gasteiger partial charge in [-0.15, -0.1) is 0 Å². The zero-order valence-corrected chi connectivity index (χ0v) is 13.0. The van der Waals surface area contributed by atoms with E-state index in [2.05, 4.69) is 5.32 Å². The minimum absolute atomic E-state index is 0.0421. The van der Waals surface area contributed by atoms with Crippen molar-refractivity contribution in [3.05, 3.63) is 0 Å². The van der Waals surface area contributed by atoms with Gasteiger partial charge in [0, 0.05) is 18.6 Å². The summed E-state index contributed by atoms with van der Waals surface area (Å²) in [5, 5.41) is 12.5. The Balaban J connectivity index is 1.97. The van der Waals surface area contributed by atoms with Crippen LogP contribution in [0.4, 0.5) is 4.79 Å². The summed E-state index contributed by atoms with van der Waals surface area (Å²) in [4.78, 5) is 23.6. The largest absolute Gasteiger partial charge is 0.481 e. The number of carboxylic acids is 1. The van der Waals surface area contributed by atoms with E-state index in [9.17, 15) is 14.7 Å². The summed E-state index contributed by atoms with van der Waals surface area (Å²) in [5.74, 6) is -0.730. The molecule has 1 amide bonds. The van der Waals surface area contributed by atoms with E-state index in [-0.39, 0.29) is 12.0 Å². The molecule has 2 fully saturated rings. The third-order valence-corrected chi connectivity index (χ3v) is 4.41. The van der Waals surface area contributed by atoms with Crippen LogP contribution in [-0.2, 0) is 14.3 Å². The van der Waals surface area contributed by atoms with Crippen LogP contribution < -0.4 is 5.32 Å². The van der Waals surface area contributed by atoms with Crippen molar-refractivity contribution in [2.45, 2.75) is 58.1 Å². The summed E-state index contributed by atoms with van der Waals surface area (Å²) in [6.45, 7) is 6.55. The van der Waals surface area contributed by atoms with Crippen LogP contribution in [0.3, 0.4) is 0 Å². The molecule has 6 nitrogen and oxygen atoms in total. The molecule has 2 N–H and O–H groups in total. The Hall–Kier alpha value is -1.30. The van der Waals surface area contributed by atoms with Gasteiger partial charge >= 0.3 is 12.1 Å². The lowest BCUT2D eigenvalue weighted by Crippen LogP contribution is -2.41. The molecule has 0 radical (unpaired) electrons. The molecule has 2 aliphatic rings. The zero-order chi connectivity index (χ0) is 15.7. The fourth-order valence-electron chi connectivity index (χ4n) is 3.38. The molecule has 0 spiro atoms. The Kier molecular flexibility index (Phi) is 4.46. The number of rotatable bonds is 3. The molecular weight excluding hydrogens is 274 g/mol. The third kappa shape index (κ3) is 3.67. The van der Waals surface area contributed by atoms with E-state index < -0.39 is 23.1 Å². The second kappa shape index (κ2) is 5.83. The number of alkyl carbamates (subject to hydrolysis) is 1. The van der Waals surface area contributed by atoms with Gasteiger partial charge in [-0.3, -0.25) is 4.79 Å². The predicted molar refractivity (Wildman–Crippen MR) is 76.0 cm³/mol. The van der Waals surface area contributed by atoms with Crippen LogP contribution in [0.15, 0.2) is 0 Å². The van der Waals surface area contributed by atoms with Crippen LogP contribution in [0.2, 0.25) is 0 Å². The molecule has 21 heavy (non-hydrogen) atoms. The smallest absolute Gasteiger partial charge is 0.407 e. The zero-order valence-electron chi connectivity index (χ0n) is 13.0. The topological polar surface area (TPSA) is 84.9 Å². The van der Waals surface area contributed by atoms with E-state index in [0.717, 1.165) is 6.42 Å². The molecule has 1 aliphatic carbocycles. The van der Waals surface area contributed by atoms with Gasteiger partial charge < -0.3 is 19.9 Å². The Labute approximate surface area is 125 Å². The van der Waals surface area contributed by atoms with Crippen LogP contribution >= 0.6 is 0 Å². The number of carbonyl (C=O) groups excluding carboxylic acids is 1. The molecule has 0 aromatic carbocycles. The maximum Gasteiger partial charge on any atom is 0.407 e. The Morgan fingerprint density at radius 2 is 2.05 bits per heavy atom. The lowest BCUT2D eigenvalue weighted by atomic mass is 9.73. The second-order valence-electron chi connectivity index (χ2n) is 7.11. The minimum atomic E-state index is -0.772.